The van der Waals surface area contributed by atoms with Gasteiger partial charge in [-0.15, -0.1) is 0 Å². The smallest absolute Gasteiger partial charge is 0.254 e. The molecule has 0 N–H and O–H groups in total. The first-order chi connectivity index (χ1) is 11.8. The van der Waals surface area contributed by atoms with Gasteiger partial charge >= 0.3 is 0 Å². The fourth-order valence-electron chi connectivity index (χ4n) is 3.88. The predicted octanol–water partition coefficient (Wildman–Crippen LogP) is 2.41. The van der Waals surface area contributed by atoms with E-state index in [1.807, 2.05) is 22.7 Å². The SMILES string of the molecule is c1ccc(-c2cc(N3CC[C@]4(CCOC4)C3)n3ncnc3n2)cc1. The molecule has 6 nitrogen and oxygen atoms in total. The topological polar surface area (TPSA) is 55.6 Å². The van der Waals surface area contributed by atoms with Crippen LogP contribution in [0.4, 0.5) is 5.82 Å². The van der Waals surface area contributed by atoms with Gasteiger partial charge in [-0.05, 0) is 12.8 Å². The van der Waals surface area contributed by atoms with E-state index < -0.39 is 0 Å². The van der Waals surface area contributed by atoms with E-state index in [1.165, 1.54) is 6.42 Å². The van der Waals surface area contributed by atoms with Gasteiger partial charge in [-0.25, -0.2) is 4.98 Å². The Balaban J connectivity index is 1.59. The molecule has 0 bridgehead atoms. The Hall–Kier alpha value is -2.47. The molecule has 1 atom stereocenters. The third kappa shape index (κ3) is 2.17. The summed E-state index contributed by atoms with van der Waals surface area (Å²) >= 11 is 0. The number of hydrogen-bond acceptors (Lipinski definition) is 5. The number of hydrogen-bond donors (Lipinski definition) is 0. The Kier molecular flexibility index (Phi) is 3.06. The normalized spacial score (nSPS) is 23.6. The van der Waals surface area contributed by atoms with Crippen molar-refractivity contribution in [3.8, 4) is 11.3 Å². The lowest BCUT2D eigenvalue weighted by atomic mass is 9.87. The average molecular weight is 321 g/mol. The van der Waals surface area contributed by atoms with Gasteiger partial charge in [-0.3, -0.25) is 0 Å². The summed E-state index contributed by atoms with van der Waals surface area (Å²) in [4.78, 5) is 11.4. The summed E-state index contributed by atoms with van der Waals surface area (Å²) in [5, 5.41) is 4.38. The van der Waals surface area contributed by atoms with Crippen LogP contribution in [-0.2, 0) is 4.74 Å². The van der Waals surface area contributed by atoms with Gasteiger partial charge in [0.2, 0.25) is 0 Å². The number of anilines is 1. The standard InChI is InChI=1S/C18H19N5O/c1-2-4-14(5-3-1)15-10-16(23-17(21-15)19-13-20-23)22-8-6-18(11-22)7-9-24-12-18/h1-5,10,13H,6-9,11-12H2/t18-/m0/s1. The van der Waals surface area contributed by atoms with E-state index in [0.717, 1.165) is 49.8 Å². The van der Waals surface area contributed by atoms with Gasteiger partial charge in [0.1, 0.15) is 12.1 Å². The Morgan fingerprint density at radius 1 is 1.12 bits per heavy atom. The second-order valence-corrected chi connectivity index (χ2v) is 6.81. The zero-order chi connectivity index (χ0) is 16.0. The van der Waals surface area contributed by atoms with Gasteiger partial charge in [0.25, 0.3) is 5.78 Å². The van der Waals surface area contributed by atoms with Crippen LogP contribution in [0.2, 0.25) is 0 Å². The van der Waals surface area contributed by atoms with E-state index in [9.17, 15) is 0 Å². The van der Waals surface area contributed by atoms with Crippen LogP contribution in [-0.4, -0.2) is 45.9 Å². The highest BCUT2D eigenvalue weighted by molar-refractivity contribution is 5.66. The quantitative estimate of drug-likeness (QED) is 0.725. The maximum absolute atomic E-state index is 5.66. The molecule has 0 amide bonds. The average Bonchev–Trinajstić information content (AvgIpc) is 3.37. The summed E-state index contributed by atoms with van der Waals surface area (Å²) in [6, 6.07) is 12.4. The van der Waals surface area contributed by atoms with E-state index >= 15 is 0 Å². The van der Waals surface area contributed by atoms with Crippen molar-refractivity contribution < 1.29 is 4.74 Å². The lowest BCUT2D eigenvalue weighted by molar-refractivity contribution is 0.160. The summed E-state index contributed by atoms with van der Waals surface area (Å²) in [6.07, 6.45) is 3.90. The predicted molar refractivity (Wildman–Crippen MR) is 90.9 cm³/mol. The summed E-state index contributed by atoms with van der Waals surface area (Å²) < 4.78 is 7.51. The third-order valence-electron chi connectivity index (χ3n) is 5.25. The summed E-state index contributed by atoms with van der Waals surface area (Å²) in [5.74, 6) is 1.72. The number of benzene rings is 1. The van der Waals surface area contributed by atoms with Crippen molar-refractivity contribution >= 4 is 11.6 Å². The van der Waals surface area contributed by atoms with Crippen molar-refractivity contribution in [2.75, 3.05) is 31.2 Å². The van der Waals surface area contributed by atoms with Gasteiger partial charge in [0.05, 0.1) is 12.3 Å². The summed E-state index contributed by atoms with van der Waals surface area (Å²) in [7, 11) is 0. The van der Waals surface area contributed by atoms with E-state index in [4.69, 9.17) is 4.74 Å². The molecule has 2 saturated heterocycles. The van der Waals surface area contributed by atoms with Gasteiger partial charge in [0, 0.05) is 36.7 Å². The zero-order valence-electron chi connectivity index (χ0n) is 13.4. The molecule has 2 aliphatic heterocycles. The number of rotatable bonds is 2. The van der Waals surface area contributed by atoms with Crippen LogP contribution in [0.5, 0.6) is 0 Å². The Morgan fingerprint density at radius 3 is 2.88 bits per heavy atom. The molecule has 0 saturated carbocycles. The van der Waals surface area contributed by atoms with E-state index in [-0.39, 0.29) is 0 Å². The number of nitrogens with zero attached hydrogens (tertiary/aromatic N) is 5. The molecule has 2 aromatic heterocycles. The van der Waals surface area contributed by atoms with Crippen molar-refractivity contribution in [2.24, 2.45) is 5.41 Å². The Morgan fingerprint density at radius 2 is 2.04 bits per heavy atom. The van der Waals surface area contributed by atoms with Crippen molar-refractivity contribution in [1.82, 2.24) is 19.6 Å². The maximum atomic E-state index is 5.66. The largest absolute Gasteiger partial charge is 0.381 e. The molecule has 4 heterocycles. The molecule has 2 aliphatic rings. The van der Waals surface area contributed by atoms with Gasteiger partial charge in [-0.2, -0.15) is 14.6 Å². The second kappa shape index (κ2) is 5.27. The van der Waals surface area contributed by atoms with Gasteiger partial charge in [0.15, 0.2) is 0 Å². The molecule has 1 aromatic carbocycles. The lowest BCUT2D eigenvalue weighted by Gasteiger charge is -2.23. The first-order valence-corrected chi connectivity index (χ1v) is 8.42. The first-order valence-electron chi connectivity index (χ1n) is 8.42. The van der Waals surface area contributed by atoms with Crippen LogP contribution >= 0.6 is 0 Å². The van der Waals surface area contributed by atoms with Crippen LogP contribution in [0.1, 0.15) is 12.8 Å². The molecule has 2 fully saturated rings. The number of aromatic nitrogens is 4. The van der Waals surface area contributed by atoms with Crippen molar-refractivity contribution in [1.29, 1.82) is 0 Å². The molecule has 6 heteroatoms. The van der Waals surface area contributed by atoms with Crippen LogP contribution < -0.4 is 4.90 Å². The first kappa shape index (κ1) is 13.9. The van der Waals surface area contributed by atoms with Crippen LogP contribution in [0.3, 0.4) is 0 Å². The van der Waals surface area contributed by atoms with Crippen LogP contribution in [0.15, 0.2) is 42.7 Å². The Labute approximate surface area is 140 Å². The second-order valence-electron chi connectivity index (χ2n) is 6.81. The molecule has 0 radical (unpaired) electrons. The zero-order valence-corrected chi connectivity index (χ0v) is 13.4. The van der Waals surface area contributed by atoms with Crippen molar-refractivity contribution in [3.63, 3.8) is 0 Å². The monoisotopic (exact) mass is 321 g/mol. The molecular formula is C18H19N5O. The van der Waals surface area contributed by atoms with Crippen LogP contribution in [0.25, 0.3) is 17.0 Å². The fourth-order valence-corrected chi connectivity index (χ4v) is 3.88. The number of ether oxygens (including phenoxy) is 1. The summed E-state index contributed by atoms with van der Waals surface area (Å²) in [5.41, 5.74) is 2.35. The van der Waals surface area contributed by atoms with Gasteiger partial charge < -0.3 is 9.64 Å². The summed E-state index contributed by atoms with van der Waals surface area (Å²) in [6.45, 7) is 3.80. The maximum Gasteiger partial charge on any atom is 0.254 e. The molecule has 122 valence electrons. The van der Waals surface area contributed by atoms with Crippen molar-refractivity contribution in [2.45, 2.75) is 12.8 Å². The lowest BCUT2D eigenvalue weighted by Crippen LogP contribution is -2.28. The highest BCUT2D eigenvalue weighted by Crippen LogP contribution is 2.40. The Bertz CT molecular complexity index is 870. The molecule has 0 aliphatic carbocycles. The number of fused-ring (bicyclic) bond motifs is 1. The fraction of sp³-hybridized carbons (Fsp3) is 0.389. The highest BCUT2D eigenvalue weighted by Gasteiger charge is 2.42. The molecular weight excluding hydrogens is 302 g/mol. The van der Waals surface area contributed by atoms with E-state index in [1.54, 1.807) is 6.33 Å². The molecule has 5 rings (SSSR count). The highest BCUT2D eigenvalue weighted by atomic mass is 16.5. The third-order valence-corrected chi connectivity index (χ3v) is 5.25. The molecule has 24 heavy (non-hydrogen) atoms. The minimum atomic E-state index is 0.309. The van der Waals surface area contributed by atoms with Crippen molar-refractivity contribution in [3.05, 3.63) is 42.7 Å². The van der Waals surface area contributed by atoms with Gasteiger partial charge in [-0.1, -0.05) is 30.3 Å². The minimum Gasteiger partial charge on any atom is -0.381 e. The van der Waals surface area contributed by atoms with E-state index in [2.05, 4.69) is 38.2 Å². The minimum absolute atomic E-state index is 0.309. The van der Waals surface area contributed by atoms with E-state index in [0.29, 0.717) is 11.2 Å². The molecule has 3 aromatic rings. The van der Waals surface area contributed by atoms with Crippen LogP contribution in [0, 0.1) is 5.41 Å². The molecule has 1 spiro atoms. The molecule has 0 unspecified atom stereocenters.